The first kappa shape index (κ1) is 25.9. The second-order valence-electron chi connectivity index (χ2n) is 9.21. The summed E-state index contributed by atoms with van der Waals surface area (Å²) < 4.78 is 6.82. The molecule has 1 atom stereocenters. The minimum absolute atomic E-state index is 0.0503. The molecule has 0 saturated carbocycles. The average molecular weight is 491 g/mol. The number of hydrogen-bond donors (Lipinski definition) is 2. The van der Waals surface area contributed by atoms with Gasteiger partial charge in [0.2, 0.25) is 0 Å². The molecule has 0 aromatic heterocycles. The first-order chi connectivity index (χ1) is 16.6. The van der Waals surface area contributed by atoms with Crippen LogP contribution in [-0.2, 0) is 4.43 Å². The third-order valence-corrected chi connectivity index (χ3v) is 10.9. The number of benzene rings is 3. The van der Waals surface area contributed by atoms with Crippen molar-refractivity contribution in [2.45, 2.75) is 31.9 Å². The minimum Gasteiger partial charge on any atom is -0.465 e. The topological polar surface area (TPSA) is 102 Å². The number of nitrogens with zero attached hydrogens (tertiary/aromatic N) is 1. The van der Waals surface area contributed by atoms with Gasteiger partial charge in [0.25, 0.3) is 14.0 Å². The van der Waals surface area contributed by atoms with E-state index in [0.717, 1.165) is 10.4 Å². The van der Waals surface area contributed by atoms with Crippen LogP contribution in [0.3, 0.4) is 0 Å². The Bertz CT molecular complexity index is 1140. The minimum atomic E-state index is -2.88. The van der Waals surface area contributed by atoms with Gasteiger partial charge in [0.15, 0.2) is 0 Å². The van der Waals surface area contributed by atoms with Crippen LogP contribution in [-0.4, -0.2) is 37.1 Å². The first-order valence-electron chi connectivity index (χ1n) is 11.3. The molecule has 2 N–H and O–H groups in total. The monoisotopic (exact) mass is 490 g/mol. The zero-order valence-electron chi connectivity index (χ0n) is 20.0. The highest BCUT2D eigenvalue weighted by atomic mass is 28.4. The highest BCUT2D eigenvalue weighted by Gasteiger charge is 2.50. The van der Waals surface area contributed by atoms with Crippen LogP contribution in [0, 0.1) is 10.1 Å². The summed E-state index contributed by atoms with van der Waals surface area (Å²) in [6, 6.07) is 25.7. The molecular formula is C27H30N2O5Si. The predicted octanol–water partition coefficient (Wildman–Crippen LogP) is 4.82. The number of nitrogens with one attached hydrogen (secondary N) is 1. The summed E-state index contributed by atoms with van der Waals surface area (Å²) in [6.45, 7) is 6.49. The fourth-order valence-electron chi connectivity index (χ4n) is 4.29. The lowest BCUT2D eigenvalue weighted by Crippen LogP contribution is -2.67. The van der Waals surface area contributed by atoms with Crippen molar-refractivity contribution in [2.24, 2.45) is 0 Å². The highest BCUT2D eigenvalue weighted by Crippen LogP contribution is 2.36. The van der Waals surface area contributed by atoms with E-state index in [4.69, 9.17) is 4.43 Å². The summed E-state index contributed by atoms with van der Waals surface area (Å²) in [5, 5.41) is 25.2. The van der Waals surface area contributed by atoms with Gasteiger partial charge >= 0.3 is 6.09 Å². The third kappa shape index (κ3) is 6.03. The Morgan fingerprint density at radius 2 is 1.51 bits per heavy atom. The van der Waals surface area contributed by atoms with Crippen LogP contribution in [0.25, 0.3) is 6.08 Å². The number of carboxylic acid groups (broad SMARTS) is 1. The Balaban J connectivity index is 2.01. The normalized spacial score (nSPS) is 12.9. The van der Waals surface area contributed by atoms with Crippen molar-refractivity contribution < 1.29 is 19.3 Å². The number of carbonyl (C=O) groups is 1. The van der Waals surface area contributed by atoms with Crippen LogP contribution < -0.4 is 15.7 Å². The average Bonchev–Trinajstić information content (AvgIpc) is 2.83. The molecule has 182 valence electrons. The molecule has 0 heterocycles. The molecule has 0 spiro atoms. The summed E-state index contributed by atoms with van der Waals surface area (Å²) in [5.74, 6) is 0. The Labute approximate surface area is 206 Å². The molecule has 0 aliphatic carbocycles. The third-order valence-electron chi connectivity index (χ3n) is 5.85. The number of rotatable bonds is 9. The maximum absolute atomic E-state index is 11.6. The smallest absolute Gasteiger partial charge is 0.405 e. The molecule has 0 aliphatic rings. The molecule has 1 amide bonds. The van der Waals surface area contributed by atoms with E-state index in [1.807, 2.05) is 36.4 Å². The van der Waals surface area contributed by atoms with Crippen LogP contribution in [0.1, 0.15) is 26.3 Å². The predicted molar refractivity (Wildman–Crippen MR) is 141 cm³/mol. The van der Waals surface area contributed by atoms with Gasteiger partial charge in [-0.2, -0.15) is 0 Å². The van der Waals surface area contributed by atoms with E-state index in [9.17, 15) is 20.0 Å². The summed E-state index contributed by atoms with van der Waals surface area (Å²) in [7, 11) is -2.88. The van der Waals surface area contributed by atoms with Gasteiger partial charge in [0, 0.05) is 6.07 Å². The highest BCUT2D eigenvalue weighted by molar-refractivity contribution is 6.99. The van der Waals surface area contributed by atoms with Crippen molar-refractivity contribution in [1.29, 1.82) is 0 Å². The summed E-state index contributed by atoms with van der Waals surface area (Å²) in [6.07, 6.45) is 1.97. The molecule has 0 bridgehead atoms. The zero-order chi connectivity index (χ0) is 25.5. The van der Waals surface area contributed by atoms with Crippen LogP contribution in [0.2, 0.25) is 5.04 Å². The van der Waals surface area contributed by atoms with Gasteiger partial charge in [-0.3, -0.25) is 10.1 Å². The fourth-order valence-corrected chi connectivity index (χ4v) is 8.88. The zero-order valence-corrected chi connectivity index (χ0v) is 21.0. The van der Waals surface area contributed by atoms with Gasteiger partial charge in [-0.1, -0.05) is 99.6 Å². The largest absolute Gasteiger partial charge is 0.465 e. The van der Waals surface area contributed by atoms with E-state index in [-0.39, 0.29) is 17.3 Å². The van der Waals surface area contributed by atoms with Gasteiger partial charge in [-0.15, -0.1) is 0 Å². The Morgan fingerprint density at radius 3 is 2.00 bits per heavy atom. The molecule has 3 aromatic rings. The van der Waals surface area contributed by atoms with Gasteiger partial charge in [-0.25, -0.2) is 4.79 Å². The summed E-state index contributed by atoms with van der Waals surface area (Å²) in [4.78, 5) is 22.5. The van der Waals surface area contributed by atoms with Gasteiger partial charge < -0.3 is 14.8 Å². The van der Waals surface area contributed by atoms with Crippen molar-refractivity contribution in [3.05, 3.63) is 107 Å². The second kappa shape index (κ2) is 11.1. The van der Waals surface area contributed by atoms with E-state index in [0.29, 0.717) is 5.56 Å². The van der Waals surface area contributed by atoms with Crippen molar-refractivity contribution in [2.75, 3.05) is 6.61 Å². The molecule has 35 heavy (non-hydrogen) atoms. The molecule has 0 aliphatic heterocycles. The Morgan fingerprint density at radius 1 is 1.00 bits per heavy atom. The molecular weight excluding hydrogens is 460 g/mol. The lowest BCUT2D eigenvalue weighted by molar-refractivity contribution is -0.385. The number of hydrogen-bond acceptors (Lipinski definition) is 4. The maximum Gasteiger partial charge on any atom is 0.405 e. The first-order valence-corrected chi connectivity index (χ1v) is 13.2. The van der Waals surface area contributed by atoms with Crippen molar-refractivity contribution in [3.63, 3.8) is 0 Å². The molecule has 0 fully saturated rings. The molecule has 7 nitrogen and oxygen atoms in total. The molecule has 3 rings (SSSR count). The Kier molecular flexibility index (Phi) is 8.21. The van der Waals surface area contributed by atoms with E-state index < -0.39 is 25.4 Å². The van der Waals surface area contributed by atoms with Gasteiger partial charge in [-0.05, 0) is 27.6 Å². The van der Waals surface area contributed by atoms with E-state index >= 15 is 0 Å². The molecule has 0 unspecified atom stereocenters. The molecule has 3 aromatic carbocycles. The van der Waals surface area contributed by atoms with Crippen LogP contribution in [0.4, 0.5) is 10.5 Å². The Hall–Kier alpha value is -3.75. The molecule has 8 heteroatoms. The van der Waals surface area contributed by atoms with Crippen LogP contribution >= 0.6 is 0 Å². The molecule has 0 saturated heterocycles. The number of para-hydroxylation sites is 1. The quantitative estimate of drug-likeness (QED) is 0.254. The van der Waals surface area contributed by atoms with E-state index in [2.05, 4.69) is 50.4 Å². The fraction of sp³-hybridized carbons (Fsp3) is 0.222. The number of nitro benzene ring substituents is 1. The standard InChI is InChI=1S/C27H30N2O5Si/c1-27(2,3)35(23-13-6-4-7-14-23,24-15-8-5-9-16-24)34-20-22(28-26(30)31)19-18-21-12-10-11-17-25(21)29(32)33/h4-19,22,28H,20H2,1-3H3,(H,30,31)/b19-18+/t22-/m0/s1. The van der Waals surface area contributed by atoms with Crippen molar-refractivity contribution in [1.82, 2.24) is 5.32 Å². The lowest BCUT2D eigenvalue weighted by Gasteiger charge is -2.43. The number of amides is 1. The second-order valence-corrected chi connectivity index (χ2v) is 13.5. The maximum atomic E-state index is 11.6. The van der Waals surface area contributed by atoms with Gasteiger partial charge in [0.1, 0.15) is 0 Å². The van der Waals surface area contributed by atoms with E-state index in [1.165, 1.54) is 6.07 Å². The number of nitro groups is 1. The molecule has 0 radical (unpaired) electrons. The summed E-state index contributed by atoms with van der Waals surface area (Å²) >= 11 is 0. The van der Waals surface area contributed by atoms with Crippen molar-refractivity contribution >= 4 is 36.5 Å². The van der Waals surface area contributed by atoms with Crippen molar-refractivity contribution in [3.8, 4) is 0 Å². The lowest BCUT2D eigenvalue weighted by atomic mass is 10.1. The van der Waals surface area contributed by atoms with Gasteiger partial charge in [0.05, 0.1) is 23.1 Å². The van der Waals surface area contributed by atoms with Crippen LogP contribution in [0.15, 0.2) is 91.0 Å². The van der Waals surface area contributed by atoms with Crippen LogP contribution in [0.5, 0.6) is 0 Å². The summed E-state index contributed by atoms with van der Waals surface area (Å²) in [5.41, 5.74) is 0.339. The van der Waals surface area contributed by atoms with E-state index in [1.54, 1.807) is 30.4 Å². The SMILES string of the molecule is CC(C)(C)[Si](OC[C@H](/C=C/c1ccccc1[N+](=O)[O-])NC(=O)O)(c1ccccc1)c1ccccc1.